The zero-order valence-electron chi connectivity index (χ0n) is 40.2. The molecule has 3 aromatic heterocycles. The summed E-state index contributed by atoms with van der Waals surface area (Å²) in [6, 6.07) is 32.1. The van der Waals surface area contributed by atoms with Crippen LogP contribution in [0.25, 0.3) is 22.8 Å². The van der Waals surface area contributed by atoms with E-state index in [0.717, 1.165) is 35.5 Å². The number of carboxylic acid groups (broad SMARTS) is 1. The highest BCUT2D eigenvalue weighted by atomic mass is 19.4. The molecule has 4 aromatic carbocycles. The van der Waals surface area contributed by atoms with Crippen LogP contribution in [-0.4, -0.2) is 67.0 Å². The van der Waals surface area contributed by atoms with Crippen molar-refractivity contribution in [1.29, 1.82) is 0 Å². The fraction of sp³-hybridized carbons (Fsp3) is 0.296. The molecule has 2 fully saturated rings. The Hall–Kier alpha value is -8.16. The number of oxime groups is 1. The van der Waals surface area contributed by atoms with Crippen LogP contribution in [0.1, 0.15) is 90.5 Å². The van der Waals surface area contributed by atoms with E-state index in [4.69, 9.17) is 30.0 Å². The summed E-state index contributed by atoms with van der Waals surface area (Å²) in [5, 5.41) is 24.3. The van der Waals surface area contributed by atoms with Crippen LogP contribution in [0.5, 0.6) is 11.5 Å². The van der Waals surface area contributed by atoms with Crippen molar-refractivity contribution in [3.05, 3.63) is 188 Å². The molecule has 3 heterocycles. The van der Waals surface area contributed by atoms with Gasteiger partial charge in [0, 0.05) is 41.2 Å². The number of aromatic carboxylic acids is 1. The van der Waals surface area contributed by atoms with E-state index in [1.165, 1.54) is 59.2 Å². The first-order valence-corrected chi connectivity index (χ1v) is 23.5. The van der Waals surface area contributed by atoms with Gasteiger partial charge in [-0.25, -0.2) is 4.79 Å². The number of nitrogens with zero attached hydrogens (tertiary/aromatic N) is 5. The minimum atomic E-state index is -4.26. The Morgan fingerprint density at radius 2 is 1.14 bits per heavy atom. The second-order valence-corrected chi connectivity index (χ2v) is 17.8. The molecule has 0 aliphatic heterocycles. The summed E-state index contributed by atoms with van der Waals surface area (Å²) in [6.45, 7) is 6.07. The number of halogens is 6. The van der Waals surface area contributed by atoms with Crippen molar-refractivity contribution in [3.63, 3.8) is 0 Å². The summed E-state index contributed by atoms with van der Waals surface area (Å²) in [6.07, 6.45) is -3.08. The van der Waals surface area contributed by atoms with Gasteiger partial charge in [0.05, 0.1) is 42.7 Å². The molecular formula is C54H52F6N6O8. The molecule has 9 rings (SSSR count). The lowest BCUT2D eigenvalue weighted by atomic mass is 9.94. The van der Waals surface area contributed by atoms with E-state index in [2.05, 4.69) is 15.3 Å². The van der Waals surface area contributed by atoms with Crippen LogP contribution < -0.4 is 26.3 Å². The highest BCUT2D eigenvalue weighted by Gasteiger charge is 2.65. The molecule has 388 valence electrons. The van der Waals surface area contributed by atoms with Crippen LogP contribution in [0.15, 0.2) is 153 Å². The lowest BCUT2D eigenvalue weighted by Gasteiger charge is -2.19. The minimum absolute atomic E-state index is 0.00160. The van der Waals surface area contributed by atoms with Crippen molar-refractivity contribution in [2.24, 2.45) is 10.9 Å². The van der Waals surface area contributed by atoms with E-state index in [1.807, 2.05) is 62.4 Å². The van der Waals surface area contributed by atoms with Gasteiger partial charge in [0.15, 0.2) is 5.84 Å². The van der Waals surface area contributed by atoms with Crippen molar-refractivity contribution in [1.82, 2.24) is 19.3 Å². The first kappa shape index (κ1) is 53.6. The molecule has 0 saturated heterocycles. The van der Waals surface area contributed by atoms with E-state index in [0.29, 0.717) is 43.0 Å². The first-order chi connectivity index (χ1) is 35.3. The van der Waals surface area contributed by atoms with Crippen molar-refractivity contribution in [2.75, 3.05) is 13.2 Å². The maximum atomic E-state index is 13.4. The normalized spacial score (nSPS) is 14.4. The van der Waals surface area contributed by atoms with Crippen LogP contribution >= 0.6 is 0 Å². The molecule has 2 saturated carbocycles. The average molecular weight is 1030 g/mol. The number of carboxylic acids is 1. The molecule has 4 N–H and O–H groups in total. The number of pyridine rings is 2. The SMILES string of the molecule is CCCOc1cccc(Cn2cc(-c3noc(-c4ccc(C5(C(F)(F)F)CC5)cc4)n3)ccc2=O)c1.CCCOc1cccc(Cn2cc(/C(N)=N/O)ccc2=O)c1.O=C(O)c1ccc(C2(C(F)(F)F)CC2)cc1. The molecule has 0 spiro atoms. The smallest absolute Gasteiger partial charge is 0.398 e. The van der Waals surface area contributed by atoms with Crippen molar-refractivity contribution >= 4 is 11.8 Å². The van der Waals surface area contributed by atoms with Gasteiger partial charge in [-0.05, 0) is 121 Å². The Morgan fingerprint density at radius 3 is 1.59 bits per heavy atom. The van der Waals surface area contributed by atoms with E-state index in [-0.39, 0.29) is 71.0 Å². The third-order valence-corrected chi connectivity index (χ3v) is 12.5. The van der Waals surface area contributed by atoms with Gasteiger partial charge < -0.3 is 39.2 Å². The van der Waals surface area contributed by atoms with E-state index >= 15 is 0 Å². The lowest BCUT2D eigenvalue weighted by Crippen LogP contribution is -2.28. The zero-order chi connectivity index (χ0) is 53.3. The third-order valence-electron chi connectivity index (χ3n) is 12.5. The molecule has 0 atom stereocenters. The van der Waals surface area contributed by atoms with E-state index in [9.17, 15) is 40.7 Å². The molecule has 2 aliphatic rings. The number of hydrogen-bond acceptors (Lipinski definition) is 10. The average Bonchev–Trinajstić information content (AvgIpc) is 4.33. The predicted molar refractivity (Wildman–Crippen MR) is 263 cm³/mol. The minimum Gasteiger partial charge on any atom is -0.494 e. The number of nitrogens with two attached hydrogens (primary N) is 1. The van der Waals surface area contributed by atoms with Crippen molar-refractivity contribution < 1.29 is 55.4 Å². The second-order valence-electron chi connectivity index (χ2n) is 17.8. The molecule has 0 radical (unpaired) electrons. The number of amidine groups is 1. The van der Waals surface area contributed by atoms with Crippen LogP contribution in [0.2, 0.25) is 0 Å². The molecule has 0 bridgehead atoms. The maximum absolute atomic E-state index is 13.4. The maximum Gasteiger partial charge on any atom is 0.398 e. The Labute approximate surface area is 420 Å². The van der Waals surface area contributed by atoms with E-state index < -0.39 is 29.2 Å². The highest BCUT2D eigenvalue weighted by molar-refractivity contribution is 5.96. The first-order valence-electron chi connectivity index (χ1n) is 23.5. The van der Waals surface area contributed by atoms with Crippen LogP contribution in [-0.2, 0) is 23.9 Å². The van der Waals surface area contributed by atoms with Gasteiger partial charge >= 0.3 is 18.3 Å². The van der Waals surface area contributed by atoms with E-state index in [1.54, 1.807) is 35.2 Å². The molecule has 74 heavy (non-hydrogen) atoms. The third kappa shape index (κ3) is 12.7. The van der Waals surface area contributed by atoms with Crippen LogP contribution in [0.3, 0.4) is 0 Å². The summed E-state index contributed by atoms with van der Waals surface area (Å²) in [4.78, 5) is 39.3. The number of rotatable bonds is 16. The van der Waals surface area contributed by atoms with Gasteiger partial charge in [-0.2, -0.15) is 31.3 Å². The summed E-state index contributed by atoms with van der Waals surface area (Å²) in [7, 11) is 0. The van der Waals surface area contributed by atoms with Crippen LogP contribution in [0.4, 0.5) is 26.3 Å². The highest BCUT2D eigenvalue weighted by Crippen LogP contribution is 2.59. The molecule has 14 nitrogen and oxygen atoms in total. The molecule has 0 unspecified atom stereocenters. The fourth-order valence-electron chi connectivity index (χ4n) is 8.00. The van der Waals surface area contributed by atoms with Gasteiger partial charge in [-0.15, -0.1) is 0 Å². The quantitative estimate of drug-likeness (QED) is 0.0274. The second kappa shape index (κ2) is 22.7. The largest absolute Gasteiger partial charge is 0.494 e. The topological polar surface area (TPSA) is 197 Å². The van der Waals surface area contributed by atoms with Gasteiger partial charge in [0.2, 0.25) is 5.82 Å². The Kier molecular flexibility index (Phi) is 16.5. The van der Waals surface area contributed by atoms with Crippen molar-refractivity contribution in [3.8, 4) is 34.3 Å². The van der Waals surface area contributed by atoms with Gasteiger partial charge in [-0.3, -0.25) is 9.59 Å². The zero-order valence-corrected chi connectivity index (χ0v) is 40.2. The molecular weight excluding hydrogens is 975 g/mol. The summed E-state index contributed by atoms with van der Waals surface area (Å²) >= 11 is 0. The number of ether oxygens (including phenoxy) is 2. The number of aromatic nitrogens is 4. The van der Waals surface area contributed by atoms with Gasteiger partial charge in [-0.1, -0.05) is 72.7 Å². The van der Waals surface area contributed by atoms with Gasteiger partial charge in [0.1, 0.15) is 11.5 Å². The lowest BCUT2D eigenvalue weighted by molar-refractivity contribution is -0.161. The Morgan fingerprint density at radius 1 is 0.676 bits per heavy atom. The summed E-state index contributed by atoms with van der Waals surface area (Å²) in [5.41, 5.74) is 5.57. The number of hydrogen-bond donors (Lipinski definition) is 3. The molecule has 7 aromatic rings. The monoisotopic (exact) mass is 1030 g/mol. The van der Waals surface area contributed by atoms with Crippen molar-refractivity contribution in [2.45, 2.75) is 88.6 Å². The molecule has 0 amide bonds. The van der Waals surface area contributed by atoms with Crippen LogP contribution in [0, 0.1) is 0 Å². The summed E-state index contributed by atoms with van der Waals surface area (Å²) < 4.78 is 98.0. The molecule has 2 aliphatic carbocycles. The number of alkyl halides is 6. The Bertz CT molecular complexity index is 3190. The molecule has 20 heteroatoms. The predicted octanol–water partition coefficient (Wildman–Crippen LogP) is 10.8. The fourth-order valence-corrected chi connectivity index (χ4v) is 8.00. The Balaban J connectivity index is 0.000000179. The number of benzene rings is 4. The van der Waals surface area contributed by atoms with Gasteiger partial charge in [0.25, 0.3) is 17.0 Å². The summed E-state index contributed by atoms with van der Waals surface area (Å²) in [5.74, 6) is 0.816. The number of carbonyl (C=O) groups is 1. The standard InChI is InChI=1S/C27H24F3N3O3.C16H19N3O3.C11H9F3O2/c1-2-14-35-22-5-3-4-18(15-22)16-33-17-20(8-11-23(33)34)24-31-25(36-32-24)19-6-9-21(10-7-19)26(12-13-26)27(28,29)30;1-2-8-22-14-5-3-4-12(9-14)10-19-11-13(16(17)18-21)6-7-15(19)20;12-11(13,14)10(5-6-10)8-3-1-7(2-4-8)9(15)16/h3-11,15,17H,2,12-14,16H2,1H3;3-7,9,11,21H,2,8,10H2,1H3,(H2,17,18);1-4H,5-6H2,(H,15,16).